The first-order chi connectivity index (χ1) is 6.18. The number of nitrogens with one attached hydrogen (secondary N) is 1. The molecule has 1 heterocycles. The quantitative estimate of drug-likeness (QED) is 0.710. The predicted molar refractivity (Wildman–Crippen MR) is 48.3 cm³/mol. The molecule has 1 aromatic heterocycles. The average molecular weight is 180 g/mol. The van der Waals surface area contributed by atoms with Crippen molar-refractivity contribution in [3.63, 3.8) is 0 Å². The van der Waals surface area contributed by atoms with Gasteiger partial charge in [0.2, 0.25) is 11.8 Å². The Morgan fingerprint density at radius 1 is 1.62 bits per heavy atom. The SMILES string of the molecule is CC(=O)NCCc1ccc(O)nc1. The average Bonchev–Trinajstić information content (AvgIpc) is 2.08. The normalized spacial score (nSPS) is 9.62. The van der Waals surface area contributed by atoms with Crippen LogP contribution in [-0.4, -0.2) is 22.5 Å². The van der Waals surface area contributed by atoms with Gasteiger partial charge in [0.05, 0.1) is 0 Å². The predicted octanol–water partition coefficient (Wildman–Crippen LogP) is 0.466. The van der Waals surface area contributed by atoms with Crippen LogP contribution in [-0.2, 0) is 11.2 Å². The van der Waals surface area contributed by atoms with Crippen LogP contribution in [0.1, 0.15) is 12.5 Å². The second-order valence-corrected chi connectivity index (χ2v) is 2.76. The Bertz CT molecular complexity index is 282. The maximum absolute atomic E-state index is 10.5. The molecule has 4 nitrogen and oxygen atoms in total. The van der Waals surface area contributed by atoms with Crippen LogP contribution in [0.5, 0.6) is 5.88 Å². The molecule has 0 bridgehead atoms. The molecule has 1 amide bonds. The third-order valence-corrected chi connectivity index (χ3v) is 1.60. The van der Waals surface area contributed by atoms with Crippen molar-refractivity contribution in [1.82, 2.24) is 10.3 Å². The molecule has 0 saturated carbocycles. The molecule has 0 atom stereocenters. The lowest BCUT2D eigenvalue weighted by atomic mass is 10.2. The van der Waals surface area contributed by atoms with E-state index >= 15 is 0 Å². The summed E-state index contributed by atoms with van der Waals surface area (Å²) in [7, 11) is 0. The van der Waals surface area contributed by atoms with Crippen LogP contribution in [0.3, 0.4) is 0 Å². The Morgan fingerprint density at radius 2 is 2.38 bits per heavy atom. The van der Waals surface area contributed by atoms with Gasteiger partial charge in [0.15, 0.2) is 0 Å². The minimum atomic E-state index is -0.0354. The molecule has 0 aliphatic heterocycles. The van der Waals surface area contributed by atoms with E-state index in [-0.39, 0.29) is 11.8 Å². The van der Waals surface area contributed by atoms with Crippen molar-refractivity contribution in [1.29, 1.82) is 0 Å². The Morgan fingerprint density at radius 3 is 2.92 bits per heavy atom. The third-order valence-electron chi connectivity index (χ3n) is 1.60. The number of aromatic hydroxyl groups is 1. The molecule has 70 valence electrons. The van der Waals surface area contributed by atoms with Crippen LogP contribution >= 0.6 is 0 Å². The Kier molecular flexibility index (Phi) is 3.25. The van der Waals surface area contributed by atoms with E-state index in [1.54, 1.807) is 12.3 Å². The zero-order valence-corrected chi connectivity index (χ0v) is 7.45. The molecule has 0 radical (unpaired) electrons. The molecule has 13 heavy (non-hydrogen) atoms. The summed E-state index contributed by atoms with van der Waals surface area (Å²) in [6.45, 7) is 2.08. The Labute approximate surface area is 76.6 Å². The highest BCUT2D eigenvalue weighted by molar-refractivity contribution is 5.72. The van der Waals surface area contributed by atoms with E-state index in [0.717, 1.165) is 12.0 Å². The van der Waals surface area contributed by atoms with Gasteiger partial charge in [0.25, 0.3) is 0 Å². The minimum Gasteiger partial charge on any atom is -0.493 e. The van der Waals surface area contributed by atoms with Gasteiger partial charge >= 0.3 is 0 Å². The van der Waals surface area contributed by atoms with Crippen LogP contribution in [0.4, 0.5) is 0 Å². The molecule has 1 rings (SSSR count). The molecule has 4 heteroatoms. The second-order valence-electron chi connectivity index (χ2n) is 2.76. The summed E-state index contributed by atoms with van der Waals surface area (Å²) in [6.07, 6.45) is 2.32. The molecule has 0 spiro atoms. The number of hydrogen-bond acceptors (Lipinski definition) is 3. The third kappa shape index (κ3) is 3.55. The lowest BCUT2D eigenvalue weighted by molar-refractivity contribution is -0.118. The summed E-state index contributed by atoms with van der Waals surface area (Å²) in [4.78, 5) is 14.2. The number of carbonyl (C=O) groups is 1. The number of rotatable bonds is 3. The number of aromatic nitrogens is 1. The molecule has 0 aliphatic rings. The molecule has 0 aromatic carbocycles. The van der Waals surface area contributed by atoms with E-state index < -0.39 is 0 Å². The van der Waals surface area contributed by atoms with E-state index in [0.29, 0.717) is 6.54 Å². The van der Waals surface area contributed by atoms with E-state index in [4.69, 9.17) is 5.11 Å². The molecule has 1 aromatic rings. The first-order valence-electron chi connectivity index (χ1n) is 4.07. The molecule has 0 saturated heterocycles. The van der Waals surface area contributed by atoms with Crippen LogP contribution in [0.2, 0.25) is 0 Å². The zero-order valence-electron chi connectivity index (χ0n) is 7.45. The van der Waals surface area contributed by atoms with Crippen molar-refractivity contribution in [3.8, 4) is 5.88 Å². The van der Waals surface area contributed by atoms with Gasteiger partial charge in [-0.2, -0.15) is 0 Å². The fraction of sp³-hybridized carbons (Fsp3) is 0.333. The van der Waals surface area contributed by atoms with Crippen LogP contribution < -0.4 is 5.32 Å². The Hall–Kier alpha value is -1.58. The molecular weight excluding hydrogens is 168 g/mol. The smallest absolute Gasteiger partial charge is 0.216 e. The summed E-state index contributed by atoms with van der Waals surface area (Å²) in [6, 6.07) is 3.31. The van der Waals surface area contributed by atoms with Gasteiger partial charge < -0.3 is 10.4 Å². The number of carbonyl (C=O) groups excluding carboxylic acids is 1. The van der Waals surface area contributed by atoms with E-state index in [9.17, 15) is 4.79 Å². The fourth-order valence-electron chi connectivity index (χ4n) is 0.947. The molecule has 2 N–H and O–H groups in total. The van der Waals surface area contributed by atoms with Gasteiger partial charge in [-0.15, -0.1) is 0 Å². The van der Waals surface area contributed by atoms with Crippen molar-refractivity contribution in [3.05, 3.63) is 23.9 Å². The fourth-order valence-corrected chi connectivity index (χ4v) is 0.947. The highest BCUT2D eigenvalue weighted by Crippen LogP contribution is 2.04. The lowest BCUT2D eigenvalue weighted by Crippen LogP contribution is -2.22. The van der Waals surface area contributed by atoms with E-state index in [2.05, 4.69) is 10.3 Å². The summed E-state index contributed by atoms with van der Waals surface area (Å²) < 4.78 is 0. The molecule has 0 aliphatic carbocycles. The van der Waals surface area contributed by atoms with Gasteiger partial charge in [0, 0.05) is 25.7 Å². The van der Waals surface area contributed by atoms with Crippen molar-refractivity contribution in [2.75, 3.05) is 6.54 Å². The van der Waals surface area contributed by atoms with Crippen molar-refractivity contribution in [2.45, 2.75) is 13.3 Å². The maximum atomic E-state index is 10.5. The van der Waals surface area contributed by atoms with Crippen molar-refractivity contribution >= 4 is 5.91 Å². The topological polar surface area (TPSA) is 62.2 Å². The zero-order chi connectivity index (χ0) is 9.68. The maximum Gasteiger partial charge on any atom is 0.216 e. The monoisotopic (exact) mass is 180 g/mol. The van der Waals surface area contributed by atoms with Crippen molar-refractivity contribution < 1.29 is 9.90 Å². The first kappa shape index (κ1) is 9.51. The second kappa shape index (κ2) is 4.45. The highest BCUT2D eigenvalue weighted by atomic mass is 16.3. The lowest BCUT2D eigenvalue weighted by Gasteiger charge is -2.01. The van der Waals surface area contributed by atoms with Gasteiger partial charge in [-0.3, -0.25) is 4.79 Å². The number of pyridine rings is 1. The van der Waals surface area contributed by atoms with Gasteiger partial charge in [0.1, 0.15) is 0 Å². The summed E-state index contributed by atoms with van der Waals surface area (Å²) in [5.41, 5.74) is 0.992. The first-order valence-corrected chi connectivity index (χ1v) is 4.07. The van der Waals surface area contributed by atoms with E-state index in [1.165, 1.54) is 13.0 Å². The summed E-state index contributed by atoms with van der Waals surface area (Å²) in [5.74, 6) is -0.0185. The van der Waals surface area contributed by atoms with Gasteiger partial charge in [-0.05, 0) is 12.0 Å². The van der Waals surface area contributed by atoms with Gasteiger partial charge in [-0.1, -0.05) is 6.07 Å². The van der Waals surface area contributed by atoms with Gasteiger partial charge in [-0.25, -0.2) is 4.98 Å². The van der Waals surface area contributed by atoms with Crippen LogP contribution in [0.25, 0.3) is 0 Å². The molecule has 0 fully saturated rings. The largest absolute Gasteiger partial charge is 0.493 e. The van der Waals surface area contributed by atoms with Crippen molar-refractivity contribution in [2.24, 2.45) is 0 Å². The van der Waals surface area contributed by atoms with Crippen LogP contribution in [0, 0.1) is 0 Å². The van der Waals surface area contributed by atoms with E-state index in [1.807, 2.05) is 0 Å². The number of nitrogens with zero attached hydrogens (tertiary/aromatic N) is 1. The Balaban J connectivity index is 2.37. The number of hydrogen-bond donors (Lipinski definition) is 2. The number of amides is 1. The minimum absolute atomic E-state index is 0.0169. The molecular formula is C9H12N2O2. The standard InChI is InChI=1S/C9H12N2O2/c1-7(12)10-5-4-8-2-3-9(13)11-6-8/h2-3,6H,4-5H2,1H3,(H,10,12)(H,11,13). The molecule has 0 unspecified atom stereocenters. The summed E-state index contributed by atoms with van der Waals surface area (Å²) >= 11 is 0. The van der Waals surface area contributed by atoms with Crippen LogP contribution in [0.15, 0.2) is 18.3 Å². The summed E-state index contributed by atoms with van der Waals surface area (Å²) in [5, 5.41) is 11.6. The highest BCUT2D eigenvalue weighted by Gasteiger charge is 1.95.